The molecule has 1 unspecified atom stereocenters. The van der Waals surface area contributed by atoms with E-state index in [0.717, 1.165) is 29.0 Å². The van der Waals surface area contributed by atoms with Crippen molar-refractivity contribution in [3.63, 3.8) is 0 Å². The number of rotatable bonds is 6. The summed E-state index contributed by atoms with van der Waals surface area (Å²) in [5, 5.41) is 12.0. The van der Waals surface area contributed by atoms with Gasteiger partial charge in [-0.25, -0.2) is 4.79 Å². The minimum Gasteiger partial charge on any atom is -0.486 e. The first-order valence-corrected chi connectivity index (χ1v) is 9.45. The van der Waals surface area contributed by atoms with Crippen molar-refractivity contribution in [3.8, 4) is 21.9 Å². The Morgan fingerprint density at radius 1 is 1.15 bits per heavy atom. The van der Waals surface area contributed by atoms with E-state index in [2.05, 4.69) is 5.32 Å². The van der Waals surface area contributed by atoms with Gasteiger partial charge in [-0.05, 0) is 48.2 Å². The molecule has 1 fully saturated rings. The average Bonchev–Trinajstić information content (AvgIpc) is 3.32. The molecule has 2 N–H and O–H groups in total. The normalized spacial score (nSPS) is 16.8. The van der Waals surface area contributed by atoms with Crippen molar-refractivity contribution < 1.29 is 24.2 Å². The Kier molecular flexibility index (Phi) is 4.55. The summed E-state index contributed by atoms with van der Waals surface area (Å²) in [6, 6.07) is 8.45. The van der Waals surface area contributed by atoms with Crippen molar-refractivity contribution in [2.45, 2.75) is 25.3 Å². The quantitative estimate of drug-likeness (QED) is 0.812. The Bertz CT molecular complexity index is 842. The molecular weight excluding hydrogens is 354 g/mol. The van der Waals surface area contributed by atoms with Crippen LogP contribution in [0.5, 0.6) is 11.5 Å². The van der Waals surface area contributed by atoms with Crippen LogP contribution in [-0.4, -0.2) is 36.2 Å². The number of amides is 1. The van der Waals surface area contributed by atoms with Crippen LogP contribution in [0, 0.1) is 5.92 Å². The number of carboxylic acids is 1. The number of ether oxygens (including phenoxy) is 2. The number of benzene rings is 1. The minimum atomic E-state index is -0.978. The third-order valence-electron chi connectivity index (χ3n) is 4.53. The van der Waals surface area contributed by atoms with Crippen LogP contribution in [0.15, 0.2) is 30.3 Å². The van der Waals surface area contributed by atoms with Gasteiger partial charge in [-0.2, -0.15) is 0 Å². The first-order chi connectivity index (χ1) is 12.6. The van der Waals surface area contributed by atoms with Gasteiger partial charge in [0.05, 0.1) is 4.88 Å². The van der Waals surface area contributed by atoms with E-state index in [4.69, 9.17) is 9.47 Å². The van der Waals surface area contributed by atoms with Crippen LogP contribution >= 0.6 is 11.3 Å². The van der Waals surface area contributed by atoms with E-state index < -0.39 is 12.0 Å². The molecule has 0 saturated heterocycles. The van der Waals surface area contributed by atoms with Gasteiger partial charge in [0.1, 0.15) is 19.3 Å². The summed E-state index contributed by atoms with van der Waals surface area (Å²) >= 11 is 1.33. The third-order valence-corrected chi connectivity index (χ3v) is 5.66. The van der Waals surface area contributed by atoms with E-state index in [0.29, 0.717) is 36.2 Å². The molecule has 26 heavy (non-hydrogen) atoms. The molecule has 0 bridgehead atoms. The van der Waals surface area contributed by atoms with E-state index in [9.17, 15) is 14.7 Å². The topological polar surface area (TPSA) is 84.9 Å². The molecule has 1 aromatic heterocycles. The first-order valence-electron chi connectivity index (χ1n) is 8.63. The Hall–Kier alpha value is -2.54. The van der Waals surface area contributed by atoms with Crippen molar-refractivity contribution in [2.24, 2.45) is 5.92 Å². The van der Waals surface area contributed by atoms with Gasteiger partial charge >= 0.3 is 5.97 Å². The molecule has 1 aliphatic carbocycles. The number of aliphatic carboxylic acids is 1. The summed E-state index contributed by atoms with van der Waals surface area (Å²) in [7, 11) is 0. The second-order valence-corrected chi connectivity index (χ2v) is 7.65. The summed E-state index contributed by atoms with van der Waals surface area (Å²) in [5.41, 5.74) is 0.936. The van der Waals surface area contributed by atoms with Crippen molar-refractivity contribution in [1.29, 1.82) is 0 Å². The van der Waals surface area contributed by atoms with Crippen LogP contribution in [0.2, 0.25) is 0 Å². The predicted octanol–water partition coefficient (Wildman–Crippen LogP) is 3.17. The fourth-order valence-corrected chi connectivity index (χ4v) is 3.85. The second kappa shape index (κ2) is 6.99. The molecule has 2 aromatic rings. The highest BCUT2D eigenvalue weighted by atomic mass is 32.1. The number of carbonyl (C=O) groups is 2. The number of hydrogen-bond donors (Lipinski definition) is 2. The molecule has 2 heterocycles. The van der Waals surface area contributed by atoms with Crippen LogP contribution in [0.3, 0.4) is 0 Å². The van der Waals surface area contributed by atoms with Crippen LogP contribution in [0.4, 0.5) is 0 Å². The highest BCUT2D eigenvalue weighted by molar-refractivity contribution is 7.17. The van der Waals surface area contributed by atoms with E-state index >= 15 is 0 Å². The summed E-state index contributed by atoms with van der Waals surface area (Å²) in [6.45, 7) is 1.06. The maximum Gasteiger partial charge on any atom is 0.326 e. The largest absolute Gasteiger partial charge is 0.486 e. The molecule has 0 spiro atoms. The molecule has 1 amide bonds. The van der Waals surface area contributed by atoms with E-state index in [-0.39, 0.29) is 5.91 Å². The van der Waals surface area contributed by atoms with Gasteiger partial charge in [0.2, 0.25) is 0 Å². The summed E-state index contributed by atoms with van der Waals surface area (Å²) < 4.78 is 11.1. The summed E-state index contributed by atoms with van der Waals surface area (Å²) in [6.07, 6.45) is 2.60. The van der Waals surface area contributed by atoms with Crippen molar-refractivity contribution in [3.05, 3.63) is 35.2 Å². The van der Waals surface area contributed by atoms with E-state index in [1.54, 1.807) is 6.07 Å². The van der Waals surface area contributed by atoms with Crippen molar-refractivity contribution in [1.82, 2.24) is 5.32 Å². The zero-order chi connectivity index (χ0) is 18.1. The molecule has 1 saturated carbocycles. The lowest BCUT2D eigenvalue weighted by Gasteiger charge is -2.18. The summed E-state index contributed by atoms with van der Waals surface area (Å²) in [4.78, 5) is 25.2. The van der Waals surface area contributed by atoms with Crippen molar-refractivity contribution in [2.75, 3.05) is 13.2 Å². The lowest BCUT2D eigenvalue weighted by molar-refractivity contribution is -0.139. The maximum absolute atomic E-state index is 12.4. The molecule has 0 radical (unpaired) electrons. The lowest BCUT2D eigenvalue weighted by atomic mass is 10.1. The molecule has 7 heteroatoms. The van der Waals surface area contributed by atoms with Gasteiger partial charge in [0.15, 0.2) is 11.5 Å². The van der Waals surface area contributed by atoms with Crippen LogP contribution in [0.25, 0.3) is 10.4 Å². The average molecular weight is 373 g/mol. The van der Waals surface area contributed by atoms with Crippen molar-refractivity contribution >= 4 is 23.2 Å². The van der Waals surface area contributed by atoms with Gasteiger partial charge in [-0.1, -0.05) is 12.8 Å². The molecular formula is C19H19NO5S. The molecule has 1 atom stereocenters. The van der Waals surface area contributed by atoms with E-state index in [1.165, 1.54) is 11.3 Å². The molecule has 2 aliphatic rings. The third kappa shape index (κ3) is 3.67. The zero-order valence-corrected chi connectivity index (χ0v) is 14.9. The van der Waals surface area contributed by atoms with Crippen LogP contribution in [0.1, 0.15) is 28.9 Å². The number of nitrogens with one attached hydrogen (secondary N) is 1. The number of carboxylic acid groups (broad SMARTS) is 1. The molecule has 1 aliphatic heterocycles. The Balaban J connectivity index is 1.48. The smallest absolute Gasteiger partial charge is 0.326 e. The van der Waals surface area contributed by atoms with Gasteiger partial charge in [0.25, 0.3) is 5.91 Å². The predicted molar refractivity (Wildman–Crippen MR) is 97.0 cm³/mol. The standard InChI is InChI=1S/C19H19NO5S/c21-18(20-13(19(22)23)9-11-1-2-11)17-6-5-16(26-17)12-3-4-14-15(10-12)25-8-7-24-14/h3-6,10-11,13H,1-2,7-9H2,(H,20,21)(H,22,23). The molecule has 1 aromatic carbocycles. The molecule has 136 valence electrons. The van der Waals surface area contributed by atoms with Gasteiger partial charge in [-0.3, -0.25) is 4.79 Å². The van der Waals surface area contributed by atoms with Crippen LogP contribution < -0.4 is 14.8 Å². The Morgan fingerprint density at radius 2 is 1.92 bits per heavy atom. The highest BCUT2D eigenvalue weighted by Gasteiger charge is 2.30. The maximum atomic E-state index is 12.4. The number of thiophene rings is 1. The monoisotopic (exact) mass is 373 g/mol. The fraction of sp³-hybridized carbons (Fsp3) is 0.368. The zero-order valence-electron chi connectivity index (χ0n) is 14.1. The van der Waals surface area contributed by atoms with Gasteiger partial charge in [-0.15, -0.1) is 11.3 Å². The summed E-state index contributed by atoms with van der Waals surface area (Å²) in [5.74, 6) is 0.524. The van der Waals surface area contributed by atoms with Gasteiger partial charge in [0, 0.05) is 4.88 Å². The van der Waals surface area contributed by atoms with Gasteiger partial charge < -0.3 is 19.9 Å². The Morgan fingerprint density at radius 3 is 2.65 bits per heavy atom. The SMILES string of the molecule is O=C(NC(CC1CC1)C(=O)O)c1ccc(-c2ccc3c(c2)OCCO3)s1. The Labute approximate surface area is 154 Å². The number of fused-ring (bicyclic) bond motifs is 1. The lowest BCUT2D eigenvalue weighted by Crippen LogP contribution is -2.40. The first kappa shape index (κ1) is 16.9. The number of carbonyl (C=O) groups excluding carboxylic acids is 1. The second-order valence-electron chi connectivity index (χ2n) is 6.57. The molecule has 4 rings (SSSR count). The van der Waals surface area contributed by atoms with Crippen LogP contribution in [-0.2, 0) is 4.79 Å². The fourth-order valence-electron chi connectivity index (χ4n) is 2.95. The highest BCUT2D eigenvalue weighted by Crippen LogP contribution is 2.37. The number of hydrogen-bond acceptors (Lipinski definition) is 5. The van der Waals surface area contributed by atoms with E-state index in [1.807, 2.05) is 24.3 Å². The molecule has 6 nitrogen and oxygen atoms in total. The minimum absolute atomic E-state index is 0.341.